The molecule has 0 saturated carbocycles. The molecule has 0 bridgehead atoms. The summed E-state index contributed by atoms with van der Waals surface area (Å²) < 4.78 is 10.2. The van der Waals surface area contributed by atoms with Crippen LogP contribution in [0.5, 0.6) is 0 Å². The molecule has 1 saturated heterocycles. The molecule has 150 valence electrons. The summed E-state index contributed by atoms with van der Waals surface area (Å²) in [6.07, 6.45) is 1.55. The van der Waals surface area contributed by atoms with E-state index >= 15 is 0 Å². The van der Waals surface area contributed by atoms with Gasteiger partial charge in [-0.15, -0.1) is 23.1 Å². The van der Waals surface area contributed by atoms with Crippen LogP contribution in [-0.2, 0) is 35.1 Å². The minimum absolute atomic E-state index is 0.0211. The summed E-state index contributed by atoms with van der Waals surface area (Å²) in [6.45, 7) is 0.985. The lowest BCUT2D eigenvalue weighted by molar-refractivity contribution is -0.192. The molecule has 1 unspecified atom stereocenters. The number of rotatable bonds is 7. The second-order valence-corrected chi connectivity index (χ2v) is 8.01. The third-order valence-corrected chi connectivity index (χ3v) is 6.36. The van der Waals surface area contributed by atoms with E-state index in [1.165, 1.54) is 37.1 Å². The topological polar surface area (TPSA) is 135 Å². The summed E-state index contributed by atoms with van der Waals surface area (Å²) in [5.74, 6) is -2.83. The first-order valence-electron chi connectivity index (χ1n) is 8.08. The highest BCUT2D eigenvalue weighted by Crippen LogP contribution is 2.46. The highest BCUT2D eigenvalue weighted by atomic mass is 32.2. The van der Waals surface area contributed by atoms with Crippen LogP contribution in [0.25, 0.3) is 0 Å². The number of nitrogens with zero attached hydrogens (tertiary/aromatic N) is 2. The van der Waals surface area contributed by atoms with Crippen molar-refractivity contribution in [3.05, 3.63) is 27.9 Å². The van der Waals surface area contributed by atoms with Crippen LogP contribution in [0.1, 0.15) is 11.9 Å². The number of aromatic nitrogens is 1. The van der Waals surface area contributed by atoms with E-state index in [-0.39, 0.29) is 24.5 Å². The Hall–Kier alpha value is -2.44. The van der Waals surface area contributed by atoms with Crippen molar-refractivity contribution in [2.75, 3.05) is 19.5 Å². The fourth-order valence-electron chi connectivity index (χ4n) is 2.97. The summed E-state index contributed by atoms with van der Waals surface area (Å²) >= 11 is 2.53. The molecule has 2 aliphatic rings. The molecule has 2 aliphatic heterocycles. The van der Waals surface area contributed by atoms with Gasteiger partial charge in [0, 0.05) is 36.9 Å². The molecule has 2 atom stereocenters. The van der Waals surface area contributed by atoms with Crippen molar-refractivity contribution in [1.29, 1.82) is 0 Å². The number of thiazole rings is 1. The summed E-state index contributed by atoms with van der Waals surface area (Å²) in [6, 6.07) is 0. The van der Waals surface area contributed by atoms with Gasteiger partial charge in [-0.2, -0.15) is 0 Å². The van der Waals surface area contributed by atoms with Crippen molar-refractivity contribution in [1.82, 2.24) is 15.2 Å². The number of esters is 1. The van der Waals surface area contributed by atoms with Gasteiger partial charge < -0.3 is 19.9 Å². The molecule has 2 amide bonds. The monoisotopic (exact) mass is 427 g/mol. The van der Waals surface area contributed by atoms with Crippen molar-refractivity contribution in [3.8, 4) is 0 Å². The maximum atomic E-state index is 12.8. The number of ether oxygens (including phenoxy) is 2. The molecule has 3 rings (SSSR count). The first kappa shape index (κ1) is 20.3. The molecule has 28 heavy (non-hydrogen) atoms. The smallest absolute Gasteiger partial charge is 0.352 e. The second-order valence-electron chi connectivity index (χ2n) is 5.97. The van der Waals surface area contributed by atoms with Crippen LogP contribution in [0.2, 0.25) is 0 Å². The normalized spacial score (nSPS) is 23.7. The number of carbonyl (C=O) groups is 4. The van der Waals surface area contributed by atoms with Gasteiger partial charge in [0.2, 0.25) is 5.91 Å². The van der Waals surface area contributed by atoms with E-state index in [0.717, 1.165) is 4.90 Å². The number of β-lactam (4-membered cyclic amide) rings is 1. The van der Waals surface area contributed by atoms with Crippen molar-refractivity contribution < 1.29 is 33.8 Å². The van der Waals surface area contributed by atoms with E-state index in [0.29, 0.717) is 10.6 Å². The van der Waals surface area contributed by atoms with Gasteiger partial charge in [-0.25, -0.2) is 9.78 Å². The number of hydrogen-bond acceptors (Lipinski definition) is 9. The molecule has 10 nitrogen and oxygen atoms in total. The third-order valence-electron chi connectivity index (χ3n) is 4.20. The minimum Gasteiger partial charge on any atom is -0.477 e. The van der Waals surface area contributed by atoms with Crippen LogP contribution in [0, 0.1) is 0 Å². The lowest BCUT2D eigenvalue weighted by Crippen LogP contribution is -2.80. The third kappa shape index (κ3) is 3.50. The van der Waals surface area contributed by atoms with E-state index in [4.69, 9.17) is 9.47 Å². The Morgan fingerprint density at radius 3 is 2.79 bits per heavy atom. The number of methoxy groups -OCH3 is 1. The van der Waals surface area contributed by atoms with Gasteiger partial charge in [0.1, 0.15) is 22.7 Å². The highest BCUT2D eigenvalue weighted by Gasteiger charge is 2.66. The van der Waals surface area contributed by atoms with Crippen molar-refractivity contribution >= 4 is 46.9 Å². The van der Waals surface area contributed by atoms with Gasteiger partial charge in [-0.1, -0.05) is 0 Å². The lowest BCUT2D eigenvalue weighted by Gasteiger charge is -2.55. The van der Waals surface area contributed by atoms with Gasteiger partial charge in [0.25, 0.3) is 11.6 Å². The molecule has 3 heterocycles. The predicted molar refractivity (Wildman–Crippen MR) is 98.1 cm³/mol. The summed E-state index contributed by atoms with van der Waals surface area (Å²) in [4.78, 5) is 53.1. The van der Waals surface area contributed by atoms with Gasteiger partial charge in [0.05, 0.1) is 6.42 Å². The van der Waals surface area contributed by atoms with Crippen molar-refractivity contribution in [2.45, 2.75) is 24.4 Å². The van der Waals surface area contributed by atoms with Crippen LogP contribution in [0.15, 0.2) is 22.8 Å². The average Bonchev–Trinajstić information content (AvgIpc) is 3.15. The first-order valence-corrected chi connectivity index (χ1v) is 10.0. The molecule has 0 spiro atoms. The van der Waals surface area contributed by atoms with Gasteiger partial charge in [0.15, 0.2) is 0 Å². The predicted octanol–water partition coefficient (Wildman–Crippen LogP) is -0.0386. The largest absolute Gasteiger partial charge is 0.477 e. The Bertz CT molecular complexity index is 854. The van der Waals surface area contributed by atoms with E-state index in [1.54, 1.807) is 11.6 Å². The number of carboxylic acid groups (broad SMARTS) is 1. The van der Waals surface area contributed by atoms with E-state index in [1.807, 2.05) is 0 Å². The molecule has 0 aromatic carbocycles. The van der Waals surface area contributed by atoms with Gasteiger partial charge in [-0.05, 0) is 0 Å². The van der Waals surface area contributed by atoms with Crippen LogP contribution < -0.4 is 5.32 Å². The number of carbonyl (C=O) groups excluding carboxylic acids is 3. The molecule has 1 fully saturated rings. The zero-order valence-electron chi connectivity index (χ0n) is 15.0. The van der Waals surface area contributed by atoms with Gasteiger partial charge in [-0.3, -0.25) is 19.3 Å². The van der Waals surface area contributed by atoms with Crippen LogP contribution in [-0.4, -0.2) is 69.3 Å². The molecule has 1 aromatic rings. The number of fused-ring (bicyclic) bond motifs is 1. The molecule has 0 aliphatic carbocycles. The number of amides is 2. The zero-order valence-corrected chi connectivity index (χ0v) is 16.6. The Kier molecular flexibility index (Phi) is 5.72. The first-order chi connectivity index (χ1) is 13.3. The van der Waals surface area contributed by atoms with Crippen molar-refractivity contribution in [2.24, 2.45) is 0 Å². The van der Waals surface area contributed by atoms with Crippen LogP contribution >= 0.6 is 23.1 Å². The summed E-state index contributed by atoms with van der Waals surface area (Å²) in [5.41, 5.74) is -1.61. The number of aliphatic carboxylic acids is 1. The lowest BCUT2D eigenvalue weighted by atomic mass is 9.98. The summed E-state index contributed by atoms with van der Waals surface area (Å²) in [7, 11) is 1.28. The molecule has 1 aromatic heterocycles. The number of nitrogens with one attached hydrogen (secondary N) is 1. The Morgan fingerprint density at radius 2 is 2.21 bits per heavy atom. The van der Waals surface area contributed by atoms with Crippen LogP contribution in [0.4, 0.5) is 0 Å². The van der Waals surface area contributed by atoms with E-state index < -0.39 is 34.9 Å². The Labute approximate surface area is 167 Å². The average molecular weight is 427 g/mol. The maximum absolute atomic E-state index is 12.8. The standard InChI is InChI=1S/C16H17N3O7S2/c1-8(20)26-6-9-7-28-15-16(25-2,14(24)19(15)12(9)13(22)23)18-10(21)5-11-17-3-4-27-11/h3-4,15H,5-7H2,1-2H3,(H,18,21)(H,22,23)/t15-,16?/m1/s1. The molecule has 12 heteroatoms. The SMILES string of the molecule is COC1(NC(=O)Cc2nccs2)C(=O)N2C(C(=O)O)=C(COC(C)=O)CS[C@@H]21. The number of hydrogen-bond donors (Lipinski definition) is 2. The molecule has 0 radical (unpaired) electrons. The number of carboxylic acids is 1. The van der Waals surface area contributed by atoms with E-state index in [2.05, 4.69) is 10.3 Å². The minimum atomic E-state index is -1.66. The van der Waals surface area contributed by atoms with E-state index in [9.17, 15) is 24.3 Å². The maximum Gasteiger partial charge on any atom is 0.352 e. The van der Waals surface area contributed by atoms with Gasteiger partial charge >= 0.3 is 11.9 Å². The highest BCUT2D eigenvalue weighted by molar-refractivity contribution is 8.00. The summed E-state index contributed by atoms with van der Waals surface area (Å²) in [5, 5.41) is 13.7. The zero-order chi connectivity index (χ0) is 20.5. The fourth-order valence-corrected chi connectivity index (χ4v) is 5.01. The van der Waals surface area contributed by atoms with Crippen LogP contribution in [0.3, 0.4) is 0 Å². The molecule has 2 N–H and O–H groups in total. The quantitative estimate of drug-likeness (QED) is 0.349. The Morgan fingerprint density at radius 1 is 1.46 bits per heavy atom. The second kappa shape index (κ2) is 7.89. The fraction of sp³-hybridized carbons (Fsp3) is 0.438. The molecular formula is C16H17N3O7S2. The van der Waals surface area contributed by atoms with Crippen molar-refractivity contribution in [3.63, 3.8) is 0 Å². The Balaban J connectivity index is 1.81. The molecular weight excluding hydrogens is 410 g/mol. The number of thioether (sulfide) groups is 1.